The molecule has 0 aliphatic carbocycles. The second-order valence-electron chi connectivity index (χ2n) is 5.25. The number of hydrogen-bond donors (Lipinski definition) is 0. The Morgan fingerprint density at radius 2 is 1.27 bits per heavy atom. The minimum absolute atomic E-state index is 0.00284. The van der Waals surface area contributed by atoms with Crippen LogP contribution in [-0.2, 0) is 20.2 Å². The Labute approximate surface area is 155 Å². The molecule has 0 saturated heterocycles. The van der Waals surface area contributed by atoms with Crippen LogP contribution in [0.3, 0.4) is 0 Å². The van der Waals surface area contributed by atoms with E-state index in [2.05, 4.69) is 0 Å². The number of benzene rings is 2. The van der Waals surface area contributed by atoms with Crippen LogP contribution in [0.4, 0.5) is 0 Å². The molecule has 136 valence electrons. The van der Waals surface area contributed by atoms with Gasteiger partial charge >= 0.3 is 20.2 Å². The van der Waals surface area contributed by atoms with Crippen molar-refractivity contribution < 1.29 is 25.2 Å². The van der Waals surface area contributed by atoms with E-state index in [9.17, 15) is 16.8 Å². The third-order valence-electron chi connectivity index (χ3n) is 3.39. The fourth-order valence-electron chi connectivity index (χ4n) is 2.15. The molecule has 0 N–H and O–H groups in total. The van der Waals surface area contributed by atoms with Crippen LogP contribution in [0, 0.1) is 6.92 Å². The predicted octanol–water partition coefficient (Wildman–Crippen LogP) is 3.59. The first kappa shape index (κ1) is 18.4. The Hall–Kier alpha value is -2.36. The van der Waals surface area contributed by atoms with E-state index in [4.69, 9.17) is 8.37 Å². The van der Waals surface area contributed by atoms with Gasteiger partial charge < -0.3 is 8.37 Å². The van der Waals surface area contributed by atoms with E-state index in [0.29, 0.717) is 5.56 Å². The second-order valence-corrected chi connectivity index (χ2v) is 9.06. The van der Waals surface area contributed by atoms with Crippen LogP contribution >= 0.6 is 11.3 Å². The van der Waals surface area contributed by atoms with Gasteiger partial charge in [-0.15, -0.1) is 11.3 Å². The third-order valence-corrected chi connectivity index (χ3v) is 6.73. The first-order valence-corrected chi connectivity index (χ1v) is 11.1. The molecular formula is C17H14O6S3. The summed E-state index contributed by atoms with van der Waals surface area (Å²) in [6.45, 7) is 1.64. The van der Waals surface area contributed by atoms with Crippen LogP contribution in [0.1, 0.15) is 5.56 Å². The van der Waals surface area contributed by atoms with Crippen molar-refractivity contribution in [1.82, 2.24) is 0 Å². The molecule has 26 heavy (non-hydrogen) atoms. The molecule has 0 radical (unpaired) electrons. The molecule has 0 bridgehead atoms. The zero-order valence-corrected chi connectivity index (χ0v) is 16.0. The van der Waals surface area contributed by atoms with Crippen LogP contribution in [-0.4, -0.2) is 16.8 Å². The number of thiophene rings is 1. The second kappa shape index (κ2) is 7.10. The molecule has 0 unspecified atom stereocenters. The van der Waals surface area contributed by atoms with Crippen molar-refractivity contribution in [2.24, 2.45) is 0 Å². The Morgan fingerprint density at radius 1 is 0.731 bits per heavy atom. The van der Waals surface area contributed by atoms with Crippen molar-refractivity contribution >= 4 is 31.6 Å². The molecule has 0 amide bonds. The molecule has 0 atom stereocenters. The standard InChI is InChI=1S/C17H14O6S3/c1-13-7-5-6-10-17(13)26(20,21)23-16-12-24-11-15(16)22-25(18,19)14-8-3-2-4-9-14/h2-12H,1H3. The summed E-state index contributed by atoms with van der Waals surface area (Å²) in [5.41, 5.74) is 0.516. The Morgan fingerprint density at radius 3 is 1.88 bits per heavy atom. The van der Waals surface area contributed by atoms with E-state index in [1.54, 1.807) is 43.3 Å². The quantitative estimate of drug-likeness (QED) is 0.577. The molecule has 0 spiro atoms. The van der Waals surface area contributed by atoms with Crippen molar-refractivity contribution in [1.29, 1.82) is 0 Å². The topological polar surface area (TPSA) is 86.7 Å². The Kier molecular flexibility index (Phi) is 5.03. The van der Waals surface area contributed by atoms with E-state index in [1.165, 1.54) is 29.0 Å². The highest BCUT2D eigenvalue weighted by Gasteiger charge is 2.24. The molecule has 9 heteroatoms. The molecule has 1 aromatic heterocycles. The van der Waals surface area contributed by atoms with Gasteiger partial charge in [0.1, 0.15) is 9.79 Å². The normalized spacial score (nSPS) is 11.9. The van der Waals surface area contributed by atoms with Gasteiger partial charge in [0.15, 0.2) is 11.5 Å². The monoisotopic (exact) mass is 410 g/mol. The highest BCUT2D eigenvalue weighted by Crippen LogP contribution is 2.36. The predicted molar refractivity (Wildman–Crippen MR) is 97.6 cm³/mol. The molecule has 0 saturated carbocycles. The van der Waals surface area contributed by atoms with Crippen molar-refractivity contribution in [2.75, 3.05) is 0 Å². The fourth-order valence-corrected chi connectivity index (χ4v) is 5.03. The molecule has 3 aromatic rings. The number of rotatable bonds is 6. The first-order valence-electron chi connectivity index (χ1n) is 7.35. The summed E-state index contributed by atoms with van der Waals surface area (Å²) in [4.78, 5) is -0.0398. The zero-order chi connectivity index (χ0) is 18.8. The summed E-state index contributed by atoms with van der Waals surface area (Å²) in [5.74, 6) is -0.367. The van der Waals surface area contributed by atoms with Crippen molar-refractivity contribution in [3.63, 3.8) is 0 Å². The molecule has 3 rings (SSSR count). The van der Waals surface area contributed by atoms with Gasteiger partial charge in [-0.1, -0.05) is 36.4 Å². The summed E-state index contributed by atoms with van der Waals surface area (Å²) in [6, 6.07) is 13.9. The first-order chi connectivity index (χ1) is 12.3. The molecule has 0 aliphatic heterocycles. The van der Waals surface area contributed by atoms with Gasteiger partial charge in [0.25, 0.3) is 0 Å². The van der Waals surface area contributed by atoms with Gasteiger partial charge in [-0.25, -0.2) is 0 Å². The van der Waals surface area contributed by atoms with Gasteiger partial charge in [0.05, 0.1) is 0 Å². The van der Waals surface area contributed by atoms with Gasteiger partial charge in [0, 0.05) is 10.8 Å². The van der Waals surface area contributed by atoms with Gasteiger partial charge in [0.2, 0.25) is 0 Å². The Balaban J connectivity index is 1.89. The molecule has 0 aliphatic rings. The largest absolute Gasteiger partial charge is 0.374 e. The van der Waals surface area contributed by atoms with Crippen LogP contribution < -0.4 is 8.37 Å². The molecule has 0 fully saturated rings. The van der Waals surface area contributed by atoms with Crippen molar-refractivity contribution in [2.45, 2.75) is 16.7 Å². The van der Waals surface area contributed by atoms with Gasteiger partial charge in [-0.3, -0.25) is 0 Å². The maximum atomic E-state index is 12.5. The van der Waals surface area contributed by atoms with E-state index in [-0.39, 0.29) is 21.3 Å². The summed E-state index contributed by atoms with van der Waals surface area (Å²) in [5, 5.41) is 2.73. The fraction of sp³-hybridized carbons (Fsp3) is 0.0588. The average molecular weight is 410 g/mol. The highest BCUT2D eigenvalue weighted by molar-refractivity contribution is 7.87. The summed E-state index contributed by atoms with van der Waals surface area (Å²) >= 11 is 1.06. The van der Waals surface area contributed by atoms with Crippen molar-refractivity contribution in [3.05, 3.63) is 70.9 Å². The average Bonchev–Trinajstić information content (AvgIpc) is 3.01. The summed E-state index contributed by atoms with van der Waals surface area (Å²) in [6.07, 6.45) is 0. The third kappa shape index (κ3) is 3.90. The van der Waals surface area contributed by atoms with Crippen LogP contribution in [0.5, 0.6) is 11.5 Å². The maximum absolute atomic E-state index is 12.5. The number of aryl methyl sites for hydroxylation is 1. The summed E-state index contributed by atoms with van der Waals surface area (Å²) in [7, 11) is -8.23. The van der Waals surface area contributed by atoms with Crippen molar-refractivity contribution in [3.8, 4) is 11.5 Å². The van der Waals surface area contributed by atoms with Crippen LogP contribution in [0.15, 0.2) is 75.1 Å². The minimum atomic E-state index is -4.12. The van der Waals surface area contributed by atoms with Gasteiger partial charge in [-0.05, 0) is 30.7 Å². The maximum Gasteiger partial charge on any atom is 0.339 e. The minimum Gasteiger partial charge on any atom is -0.374 e. The lowest BCUT2D eigenvalue weighted by atomic mass is 10.2. The van der Waals surface area contributed by atoms with E-state index in [0.717, 1.165) is 11.3 Å². The zero-order valence-electron chi connectivity index (χ0n) is 13.5. The SMILES string of the molecule is Cc1ccccc1S(=O)(=O)Oc1cscc1OS(=O)(=O)c1ccccc1. The molecule has 2 aromatic carbocycles. The van der Waals surface area contributed by atoms with E-state index < -0.39 is 20.2 Å². The smallest absolute Gasteiger partial charge is 0.339 e. The lowest BCUT2D eigenvalue weighted by Gasteiger charge is -2.10. The number of hydrogen-bond acceptors (Lipinski definition) is 7. The van der Waals surface area contributed by atoms with E-state index >= 15 is 0 Å². The van der Waals surface area contributed by atoms with Crippen LogP contribution in [0.25, 0.3) is 0 Å². The lowest BCUT2D eigenvalue weighted by molar-refractivity contribution is 0.451. The lowest BCUT2D eigenvalue weighted by Crippen LogP contribution is -2.13. The summed E-state index contributed by atoms with van der Waals surface area (Å²) < 4.78 is 59.8. The highest BCUT2D eigenvalue weighted by atomic mass is 32.2. The molecular weight excluding hydrogens is 396 g/mol. The molecule has 6 nitrogen and oxygen atoms in total. The molecule has 1 heterocycles. The van der Waals surface area contributed by atoms with Gasteiger partial charge in [-0.2, -0.15) is 16.8 Å². The van der Waals surface area contributed by atoms with Crippen LogP contribution in [0.2, 0.25) is 0 Å². The Bertz CT molecular complexity index is 1120. The van der Waals surface area contributed by atoms with E-state index in [1.807, 2.05) is 0 Å².